The highest BCUT2D eigenvalue weighted by atomic mass is 19.1. The minimum absolute atomic E-state index is 0.191. The number of ether oxygens (including phenoxy) is 1. The molecule has 1 aliphatic rings. The van der Waals surface area contributed by atoms with Gasteiger partial charge in [-0.05, 0) is 30.0 Å². The van der Waals surface area contributed by atoms with Gasteiger partial charge in [-0.15, -0.1) is 0 Å². The molecule has 1 heterocycles. The Bertz CT molecular complexity index is 798. The Morgan fingerprint density at radius 2 is 1.86 bits per heavy atom. The Labute approximate surface area is 168 Å². The number of urea groups is 1. The van der Waals surface area contributed by atoms with Crippen LogP contribution in [-0.2, 0) is 24.7 Å². The van der Waals surface area contributed by atoms with Crippen LogP contribution >= 0.6 is 0 Å². The lowest BCUT2D eigenvalue weighted by atomic mass is 9.87. The summed E-state index contributed by atoms with van der Waals surface area (Å²) in [5, 5.41) is 5.16. The van der Waals surface area contributed by atoms with Gasteiger partial charge in [0.1, 0.15) is 23.9 Å². The Balaban J connectivity index is 2.19. The molecule has 1 saturated heterocycles. The molecule has 1 aromatic carbocycles. The molecule has 1 aliphatic heterocycles. The first-order valence-corrected chi connectivity index (χ1v) is 9.47. The molecule has 2 N–H and O–H groups in total. The third-order valence-corrected chi connectivity index (χ3v) is 5.33. The third kappa shape index (κ3) is 4.38. The summed E-state index contributed by atoms with van der Waals surface area (Å²) in [6, 6.07) is 3.65. The summed E-state index contributed by atoms with van der Waals surface area (Å²) in [4.78, 5) is 50.7. The molecule has 1 fully saturated rings. The Morgan fingerprint density at radius 3 is 2.38 bits per heavy atom. The molecule has 2 rings (SSSR count). The molecule has 3 atom stereocenters. The zero-order chi connectivity index (χ0) is 21.8. The van der Waals surface area contributed by atoms with Crippen molar-refractivity contribution in [2.75, 3.05) is 13.7 Å². The molecule has 158 valence electrons. The zero-order valence-electron chi connectivity index (χ0n) is 17.0. The Morgan fingerprint density at radius 1 is 1.24 bits per heavy atom. The van der Waals surface area contributed by atoms with Gasteiger partial charge in [0.05, 0.1) is 7.11 Å². The maximum Gasteiger partial charge on any atom is 0.328 e. The van der Waals surface area contributed by atoms with E-state index in [0.717, 1.165) is 4.90 Å². The van der Waals surface area contributed by atoms with E-state index in [4.69, 9.17) is 4.74 Å². The van der Waals surface area contributed by atoms with Crippen LogP contribution < -0.4 is 10.6 Å². The van der Waals surface area contributed by atoms with Gasteiger partial charge in [-0.1, -0.05) is 39.3 Å². The second kappa shape index (κ2) is 9.02. The third-order valence-electron chi connectivity index (χ3n) is 5.33. The largest absolute Gasteiger partial charge is 0.467 e. The molecule has 1 aromatic rings. The van der Waals surface area contributed by atoms with Crippen LogP contribution in [0.25, 0.3) is 0 Å². The minimum atomic E-state index is -1.37. The van der Waals surface area contributed by atoms with Crippen LogP contribution in [0.5, 0.6) is 0 Å². The molecule has 9 heteroatoms. The molecule has 0 saturated carbocycles. The van der Waals surface area contributed by atoms with Crippen molar-refractivity contribution in [3.8, 4) is 0 Å². The predicted molar refractivity (Wildman–Crippen MR) is 102 cm³/mol. The maximum atomic E-state index is 13.3. The van der Waals surface area contributed by atoms with Crippen LogP contribution in [0.3, 0.4) is 0 Å². The van der Waals surface area contributed by atoms with Gasteiger partial charge >= 0.3 is 12.0 Å². The number of esters is 1. The SMILES string of the molecule is CC[C@@H](C)[C@H](NC(=O)CN1C(=O)N[C@](CC)(c2ccc(F)cc2)C1=O)C(=O)OC. The van der Waals surface area contributed by atoms with Gasteiger partial charge < -0.3 is 15.4 Å². The molecular formula is C20H26FN3O5. The fraction of sp³-hybridized carbons (Fsp3) is 0.500. The number of methoxy groups -OCH3 is 1. The van der Waals surface area contributed by atoms with Crippen molar-refractivity contribution in [3.63, 3.8) is 0 Å². The first-order chi connectivity index (χ1) is 13.7. The summed E-state index contributed by atoms with van der Waals surface area (Å²) in [5.41, 5.74) is -0.946. The normalized spacial score (nSPS) is 20.8. The van der Waals surface area contributed by atoms with Crippen LogP contribution in [0, 0.1) is 11.7 Å². The monoisotopic (exact) mass is 407 g/mol. The van der Waals surface area contributed by atoms with Crippen molar-refractivity contribution in [1.29, 1.82) is 0 Å². The molecule has 0 bridgehead atoms. The van der Waals surface area contributed by atoms with Gasteiger partial charge in [-0.3, -0.25) is 14.5 Å². The van der Waals surface area contributed by atoms with E-state index in [0.29, 0.717) is 12.0 Å². The fourth-order valence-corrected chi connectivity index (χ4v) is 3.30. The van der Waals surface area contributed by atoms with E-state index in [9.17, 15) is 23.6 Å². The molecule has 4 amide bonds. The summed E-state index contributed by atoms with van der Waals surface area (Å²) >= 11 is 0. The fourth-order valence-electron chi connectivity index (χ4n) is 3.30. The van der Waals surface area contributed by atoms with E-state index in [1.165, 1.54) is 31.4 Å². The Kier molecular flexibility index (Phi) is 6.94. The molecule has 0 spiro atoms. The smallest absolute Gasteiger partial charge is 0.328 e. The van der Waals surface area contributed by atoms with E-state index < -0.39 is 47.8 Å². The number of nitrogens with one attached hydrogen (secondary N) is 2. The highest BCUT2D eigenvalue weighted by molar-refractivity contribution is 6.09. The second-order valence-electron chi connectivity index (χ2n) is 7.04. The summed E-state index contributed by atoms with van der Waals surface area (Å²) in [7, 11) is 1.22. The standard InChI is InChI=1S/C20H26FN3O5/c1-5-12(3)16(17(26)29-4)22-15(25)11-24-18(27)20(6-2,23-19(24)28)13-7-9-14(21)10-8-13/h7-10,12,16H,5-6,11H2,1-4H3,(H,22,25)(H,23,28)/t12-,16+,20-/m1/s1. The van der Waals surface area contributed by atoms with E-state index in [-0.39, 0.29) is 12.3 Å². The quantitative estimate of drug-likeness (QED) is 0.504. The molecule has 0 radical (unpaired) electrons. The van der Waals surface area contributed by atoms with Gasteiger partial charge in [0.15, 0.2) is 0 Å². The van der Waals surface area contributed by atoms with Gasteiger partial charge in [0.2, 0.25) is 5.91 Å². The number of hydrogen-bond acceptors (Lipinski definition) is 5. The average Bonchev–Trinajstić information content (AvgIpc) is 2.96. The number of carbonyl (C=O) groups excluding carboxylic acids is 4. The predicted octanol–water partition coefficient (Wildman–Crippen LogP) is 1.69. The van der Waals surface area contributed by atoms with Crippen LogP contribution in [0.15, 0.2) is 24.3 Å². The van der Waals surface area contributed by atoms with Crippen molar-refractivity contribution in [1.82, 2.24) is 15.5 Å². The first-order valence-electron chi connectivity index (χ1n) is 9.47. The summed E-state index contributed by atoms with van der Waals surface area (Å²) in [6.45, 7) is 4.81. The lowest BCUT2D eigenvalue weighted by Gasteiger charge is -2.26. The van der Waals surface area contributed by atoms with Crippen molar-refractivity contribution in [3.05, 3.63) is 35.6 Å². The molecule has 0 unspecified atom stereocenters. The average molecular weight is 407 g/mol. The summed E-state index contributed by atoms with van der Waals surface area (Å²) in [6.07, 6.45) is 0.839. The zero-order valence-corrected chi connectivity index (χ0v) is 17.0. The van der Waals surface area contributed by atoms with Crippen LogP contribution in [0.2, 0.25) is 0 Å². The van der Waals surface area contributed by atoms with Crippen molar-refractivity contribution >= 4 is 23.8 Å². The van der Waals surface area contributed by atoms with Crippen molar-refractivity contribution < 1.29 is 28.3 Å². The van der Waals surface area contributed by atoms with E-state index in [2.05, 4.69) is 10.6 Å². The lowest BCUT2D eigenvalue weighted by molar-refractivity contribution is -0.146. The number of imide groups is 1. The topological polar surface area (TPSA) is 105 Å². The maximum absolute atomic E-state index is 13.3. The first kappa shape index (κ1) is 22.3. The van der Waals surface area contributed by atoms with Crippen LogP contribution in [0.4, 0.5) is 9.18 Å². The second-order valence-corrected chi connectivity index (χ2v) is 7.04. The number of benzene rings is 1. The van der Waals surface area contributed by atoms with Crippen molar-refractivity contribution in [2.24, 2.45) is 5.92 Å². The van der Waals surface area contributed by atoms with Crippen LogP contribution in [0.1, 0.15) is 39.2 Å². The highest BCUT2D eigenvalue weighted by Crippen LogP contribution is 2.32. The van der Waals surface area contributed by atoms with Gasteiger partial charge in [0, 0.05) is 0 Å². The minimum Gasteiger partial charge on any atom is -0.467 e. The number of nitrogens with zero attached hydrogens (tertiary/aromatic N) is 1. The van der Waals surface area contributed by atoms with Gasteiger partial charge in [0.25, 0.3) is 5.91 Å². The summed E-state index contributed by atoms with van der Waals surface area (Å²) < 4.78 is 18.0. The van der Waals surface area contributed by atoms with Gasteiger partial charge in [-0.2, -0.15) is 0 Å². The highest BCUT2D eigenvalue weighted by Gasteiger charge is 2.51. The molecule has 0 aromatic heterocycles. The molecule has 8 nitrogen and oxygen atoms in total. The lowest BCUT2D eigenvalue weighted by Crippen LogP contribution is -2.50. The van der Waals surface area contributed by atoms with Gasteiger partial charge in [-0.25, -0.2) is 14.0 Å². The Hall–Kier alpha value is -2.97. The van der Waals surface area contributed by atoms with Crippen LogP contribution in [-0.4, -0.2) is 48.4 Å². The number of hydrogen-bond donors (Lipinski definition) is 2. The number of amides is 4. The molecule has 29 heavy (non-hydrogen) atoms. The number of halogens is 1. The van der Waals surface area contributed by atoms with E-state index in [1.54, 1.807) is 13.8 Å². The number of carbonyl (C=O) groups is 4. The molecular weight excluding hydrogens is 381 g/mol. The van der Waals surface area contributed by atoms with E-state index >= 15 is 0 Å². The van der Waals surface area contributed by atoms with Crippen molar-refractivity contribution in [2.45, 2.75) is 45.2 Å². The molecule has 0 aliphatic carbocycles. The van der Waals surface area contributed by atoms with E-state index in [1.807, 2.05) is 6.92 Å². The number of rotatable bonds is 8. The summed E-state index contributed by atoms with van der Waals surface area (Å²) in [5.74, 6) is -2.52.